The monoisotopic (exact) mass is 308 g/mol. The Kier molecular flexibility index (Phi) is 8.36. The van der Waals surface area contributed by atoms with Crippen LogP contribution >= 0.6 is 0 Å². The molecule has 0 aliphatic carbocycles. The number of carbonyl (C=O) groups is 1. The number of hydrogen-bond donors (Lipinski definition) is 1. The molecule has 0 aromatic heterocycles. The lowest BCUT2D eigenvalue weighted by molar-refractivity contribution is -0.130. The van der Waals surface area contributed by atoms with Crippen LogP contribution in [-0.2, 0) is 11.3 Å². The summed E-state index contributed by atoms with van der Waals surface area (Å²) < 4.78 is 11.3. The predicted molar refractivity (Wildman–Crippen MR) is 88.2 cm³/mol. The first-order chi connectivity index (χ1) is 10.7. The van der Waals surface area contributed by atoms with Crippen molar-refractivity contribution in [2.75, 3.05) is 26.3 Å². The highest BCUT2D eigenvalue weighted by Crippen LogP contribution is 2.29. The molecule has 0 saturated carbocycles. The number of hydrogen-bond acceptors (Lipinski definition) is 4. The van der Waals surface area contributed by atoms with Crippen molar-refractivity contribution in [3.63, 3.8) is 0 Å². The van der Waals surface area contributed by atoms with Gasteiger partial charge in [0.25, 0.3) is 0 Å². The maximum Gasteiger partial charge on any atom is 0.236 e. The van der Waals surface area contributed by atoms with Gasteiger partial charge in [-0.25, -0.2) is 0 Å². The second-order valence-corrected chi connectivity index (χ2v) is 5.08. The molecule has 0 spiro atoms. The zero-order chi connectivity index (χ0) is 16.4. The first-order valence-electron chi connectivity index (χ1n) is 8.02. The van der Waals surface area contributed by atoms with Crippen LogP contribution in [0, 0.1) is 0 Å². The molecule has 5 heteroatoms. The van der Waals surface area contributed by atoms with Gasteiger partial charge in [0.05, 0.1) is 19.8 Å². The van der Waals surface area contributed by atoms with E-state index in [4.69, 9.17) is 15.2 Å². The summed E-state index contributed by atoms with van der Waals surface area (Å²) >= 11 is 0. The number of nitrogens with two attached hydrogens (primary N) is 1. The minimum absolute atomic E-state index is 0.0360. The van der Waals surface area contributed by atoms with Crippen LogP contribution in [0.4, 0.5) is 0 Å². The van der Waals surface area contributed by atoms with Gasteiger partial charge in [-0.05, 0) is 37.5 Å². The molecular weight excluding hydrogens is 280 g/mol. The van der Waals surface area contributed by atoms with Gasteiger partial charge < -0.3 is 20.1 Å². The van der Waals surface area contributed by atoms with Crippen molar-refractivity contribution in [2.45, 2.75) is 40.2 Å². The fraction of sp³-hybridized carbons (Fsp3) is 0.588. The van der Waals surface area contributed by atoms with E-state index in [1.54, 1.807) is 4.90 Å². The molecule has 0 saturated heterocycles. The SMILES string of the molecule is CCCOc1ccc(CN(CCC)C(=O)CN)cc1OCC. The van der Waals surface area contributed by atoms with Gasteiger partial charge in [0.2, 0.25) is 5.91 Å². The molecule has 22 heavy (non-hydrogen) atoms. The highest BCUT2D eigenvalue weighted by Gasteiger charge is 2.13. The largest absolute Gasteiger partial charge is 0.490 e. The number of nitrogens with zero attached hydrogens (tertiary/aromatic N) is 1. The van der Waals surface area contributed by atoms with Crippen molar-refractivity contribution < 1.29 is 14.3 Å². The van der Waals surface area contributed by atoms with Gasteiger partial charge in [0, 0.05) is 13.1 Å². The van der Waals surface area contributed by atoms with E-state index in [0.29, 0.717) is 26.3 Å². The average Bonchev–Trinajstić information content (AvgIpc) is 2.53. The van der Waals surface area contributed by atoms with Crippen molar-refractivity contribution in [1.29, 1.82) is 0 Å². The van der Waals surface area contributed by atoms with Crippen LogP contribution in [0.2, 0.25) is 0 Å². The molecule has 5 nitrogen and oxygen atoms in total. The van der Waals surface area contributed by atoms with E-state index in [1.165, 1.54) is 0 Å². The summed E-state index contributed by atoms with van der Waals surface area (Å²) in [6.07, 6.45) is 1.85. The zero-order valence-corrected chi connectivity index (χ0v) is 13.9. The first kappa shape index (κ1) is 18.3. The van der Waals surface area contributed by atoms with E-state index in [0.717, 1.165) is 29.9 Å². The summed E-state index contributed by atoms with van der Waals surface area (Å²) in [5.74, 6) is 1.44. The molecular formula is C17H28N2O3. The van der Waals surface area contributed by atoms with Crippen LogP contribution in [0.5, 0.6) is 11.5 Å². The molecule has 124 valence electrons. The zero-order valence-electron chi connectivity index (χ0n) is 13.9. The van der Waals surface area contributed by atoms with Gasteiger partial charge >= 0.3 is 0 Å². The Bertz CT molecular complexity index is 463. The van der Waals surface area contributed by atoms with Crippen molar-refractivity contribution >= 4 is 5.91 Å². The van der Waals surface area contributed by atoms with Gasteiger partial charge in [0.15, 0.2) is 11.5 Å². The van der Waals surface area contributed by atoms with Gasteiger partial charge in [-0.2, -0.15) is 0 Å². The van der Waals surface area contributed by atoms with E-state index < -0.39 is 0 Å². The Morgan fingerprint density at radius 1 is 1.14 bits per heavy atom. The van der Waals surface area contributed by atoms with Crippen LogP contribution in [0.1, 0.15) is 39.2 Å². The maximum atomic E-state index is 11.9. The smallest absolute Gasteiger partial charge is 0.236 e. The van der Waals surface area contributed by atoms with Gasteiger partial charge in [0.1, 0.15) is 0 Å². The van der Waals surface area contributed by atoms with E-state index in [-0.39, 0.29) is 12.5 Å². The summed E-state index contributed by atoms with van der Waals surface area (Å²) in [6, 6.07) is 5.83. The Balaban J connectivity index is 2.89. The van der Waals surface area contributed by atoms with Crippen LogP contribution in [0.3, 0.4) is 0 Å². The predicted octanol–water partition coefficient (Wildman–Crippen LogP) is 2.57. The third-order valence-corrected chi connectivity index (χ3v) is 3.16. The number of rotatable bonds is 10. The lowest BCUT2D eigenvalue weighted by atomic mass is 10.1. The lowest BCUT2D eigenvalue weighted by Crippen LogP contribution is -2.36. The summed E-state index contributed by atoms with van der Waals surface area (Å²) in [4.78, 5) is 13.6. The molecule has 0 aliphatic rings. The highest BCUT2D eigenvalue weighted by atomic mass is 16.5. The normalized spacial score (nSPS) is 10.4. The van der Waals surface area contributed by atoms with Crippen LogP contribution in [0.25, 0.3) is 0 Å². The molecule has 1 amide bonds. The van der Waals surface area contributed by atoms with Crippen LogP contribution in [-0.4, -0.2) is 37.1 Å². The van der Waals surface area contributed by atoms with Gasteiger partial charge in [-0.3, -0.25) is 4.79 Å². The Labute approximate surface area is 133 Å². The van der Waals surface area contributed by atoms with Gasteiger partial charge in [-0.15, -0.1) is 0 Å². The van der Waals surface area contributed by atoms with E-state index in [2.05, 4.69) is 6.92 Å². The topological polar surface area (TPSA) is 64.8 Å². The lowest BCUT2D eigenvalue weighted by Gasteiger charge is -2.22. The van der Waals surface area contributed by atoms with E-state index in [1.807, 2.05) is 32.0 Å². The maximum absolute atomic E-state index is 11.9. The summed E-state index contributed by atoms with van der Waals surface area (Å²) in [5.41, 5.74) is 6.49. The number of ether oxygens (including phenoxy) is 2. The fourth-order valence-electron chi connectivity index (χ4n) is 2.16. The second kappa shape index (κ2) is 10.1. The molecule has 0 aliphatic heterocycles. The molecule has 0 heterocycles. The highest BCUT2D eigenvalue weighted by molar-refractivity contribution is 5.78. The van der Waals surface area contributed by atoms with Crippen molar-refractivity contribution in [3.05, 3.63) is 23.8 Å². The number of amides is 1. The molecule has 2 N–H and O–H groups in total. The van der Waals surface area contributed by atoms with Crippen LogP contribution in [0.15, 0.2) is 18.2 Å². The van der Waals surface area contributed by atoms with Crippen LogP contribution < -0.4 is 15.2 Å². The Morgan fingerprint density at radius 2 is 1.91 bits per heavy atom. The quantitative estimate of drug-likeness (QED) is 0.721. The molecule has 1 rings (SSSR count). The van der Waals surface area contributed by atoms with Crippen molar-refractivity contribution in [1.82, 2.24) is 4.90 Å². The Hall–Kier alpha value is -1.75. The summed E-state index contributed by atoms with van der Waals surface area (Å²) in [5, 5.41) is 0. The minimum Gasteiger partial charge on any atom is -0.490 e. The Morgan fingerprint density at radius 3 is 2.50 bits per heavy atom. The molecule has 0 unspecified atom stereocenters. The van der Waals surface area contributed by atoms with Crippen molar-refractivity contribution in [3.8, 4) is 11.5 Å². The second-order valence-electron chi connectivity index (χ2n) is 5.08. The minimum atomic E-state index is -0.0360. The van der Waals surface area contributed by atoms with E-state index >= 15 is 0 Å². The molecule has 0 atom stereocenters. The fourth-order valence-corrected chi connectivity index (χ4v) is 2.16. The molecule has 0 fully saturated rings. The average molecular weight is 308 g/mol. The first-order valence-corrected chi connectivity index (χ1v) is 8.02. The molecule has 1 aromatic rings. The van der Waals surface area contributed by atoms with E-state index in [9.17, 15) is 4.79 Å². The third-order valence-electron chi connectivity index (χ3n) is 3.16. The van der Waals surface area contributed by atoms with Gasteiger partial charge in [-0.1, -0.05) is 19.9 Å². The molecule has 0 radical (unpaired) electrons. The van der Waals surface area contributed by atoms with Crippen molar-refractivity contribution in [2.24, 2.45) is 5.73 Å². The third kappa shape index (κ3) is 5.56. The summed E-state index contributed by atoms with van der Waals surface area (Å²) in [6.45, 7) is 8.57. The number of carbonyl (C=O) groups excluding carboxylic acids is 1. The summed E-state index contributed by atoms with van der Waals surface area (Å²) in [7, 11) is 0. The molecule has 1 aromatic carbocycles. The number of benzene rings is 1. The standard InChI is InChI=1S/C17H28N2O3/c1-4-9-19(17(20)12-18)13-14-7-8-15(22-10-5-2)16(11-14)21-6-3/h7-8,11H,4-6,9-10,12-13,18H2,1-3H3. The molecule has 0 bridgehead atoms.